The maximum Gasteiger partial charge on any atom is 0.251 e. The number of nitrogens with one attached hydrogen (secondary N) is 2. The standard InChI is InChI=1S/C15H24N2O2/c1-4-8-19-14-7-5-6-13(9-14)15(18)17-11-12(2)10-16-3/h5-7,9,12,16H,4,8,10-11H2,1-3H3,(H,17,18). The third-order valence-corrected chi connectivity index (χ3v) is 2.73. The van der Waals surface area contributed by atoms with E-state index < -0.39 is 0 Å². The summed E-state index contributed by atoms with van der Waals surface area (Å²) in [4.78, 5) is 12.0. The molecule has 106 valence electrons. The van der Waals surface area contributed by atoms with Crippen LogP contribution in [0.5, 0.6) is 5.75 Å². The highest BCUT2D eigenvalue weighted by Crippen LogP contribution is 2.13. The van der Waals surface area contributed by atoms with Crippen molar-refractivity contribution in [3.05, 3.63) is 29.8 Å². The molecule has 19 heavy (non-hydrogen) atoms. The maximum atomic E-state index is 12.0. The zero-order valence-electron chi connectivity index (χ0n) is 12.0. The third-order valence-electron chi connectivity index (χ3n) is 2.73. The van der Waals surface area contributed by atoms with Crippen molar-refractivity contribution in [1.82, 2.24) is 10.6 Å². The van der Waals surface area contributed by atoms with Gasteiger partial charge in [0.05, 0.1) is 6.61 Å². The lowest BCUT2D eigenvalue weighted by Gasteiger charge is -2.12. The highest BCUT2D eigenvalue weighted by Gasteiger charge is 2.08. The van der Waals surface area contributed by atoms with Crippen LogP contribution in [-0.4, -0.2) is 32.7 Å². The van der Waals surface area contributed by atoms with Gasteiger partial charge in [0.2, 0.25) is 0 Å². The highest BCUT2D eigenvalue weighted by atomic mass is 16.5. The molecule has 0 heterocycles. The van der Waals surface area contributed by atoms with Crippen LogP contribution in [0, 0.1) is 5.92 Å². The normalized spacial score (nSPS) is 11.9. The molecule has 1 atom stereocenters. The molecule has 1 rings (SSSR count). The van der Waals surface area contributed by atoms with Crippen LogP contribution in [0.4, 0.5) is 0 Å². The van der Waals surface area contributed by atoms with Crippen LogP contribution in [0.1, 0.15) is 30.6 Å². The molecule has 1 aromatic rings. The van der Waals surface area contributed by atoms with E-state index >= 15 is 0 Å². The van der Waals surface area contributed by atoms with E-state index in [-0.39, 0.29) is 5.91 Å². The van der Waals surface area contributed by atoms with Crippen molar-refractivity contribution in [3.63, 3.8) is 0 Å². The Labute approximate surface area is 115 Å². The van der Waals surface area contributed by atoms with Crippen molar-refractivity contribution in [1.29, 1.82) is 0 Å². The molecular formula is C15H24N2O2. The molecule has 0 spiro atoms. The summed E-state index contributed by atoms with van der Waals surface area (Å²) in [6.45, 7) is 6.38. The maximum absolute atomic E-state index is 12.0. The molecule has 2 N–H and O–H groups in total. The Hall–Kier alpha value is -1.55. The SMILES string of the molecule is CCCOc1cccc(C(=O)NCC(C)CNC)c1. The van der Waals surface area contributed by atoms with Crippen LogP contribution in [0.15, 0.2) is 24.3 Å². The van der Waals surface area contributed by atoms with Crippen LogP contribution >= 0.6 is 0 Å². The second-order valence-electron chi connectivity index (χ2n) is 4.75. The van der Waals surface area contributed by atoms with Gasteiger partial charge < -0.3 is 15.4 Å². The predicted octanol–water partition coefficient (Wildman–Crippen LogP) is 2.06. The zero-order valence-corrected chi connectivity index (χ0v) is 12.0. The van der Waals surface area contributed by atoms with E-state index in [2.05, 4.69) is 24.5 Å². The summed E-state index contributed by atoms with van der Waals surface area (Å²) in [6.07, 6.45) is 0.956. The summed E-state index contributed by atoms with van der Waals surface area (Å²) in [5.74, 6) is 1.11. The van der Waals surface area contributed by atoms with E-state index in [1.807, 2.05) is 19.2 Å². The first-order chi connectivity index (χ1) is 9.17. The van der Waals surface area contributed by atoms with Crippen molar-refractivity contribution in [2.75, 3.05) is 26.7 Å². The minimum absolute atomic E-state index is 0.0510. The second-order valence-corrected chi connectivity index (χ2v) is 4.75. The van der Waals surface area contributed by atoms with Gasteiger partial charge in [0.15, 0.2) is 0 Å². The Kier molecular flexibility index (Phi) is 6.97. The lowest BCUT2D eigenvalue weighted by molar-refractivity contribution is 0.0947. The third kappa shape index (κ3) is 5.75. The average Bonchev–Trinajstić information content (AvgIpc) is 2.43. The minimum Gasteiger partial charge on any atom is -0.494 e. The van der Waals surface area contributed by atoms with Crippen LogP contribution in [0.2, 0.25) is 0 Å². The Balaban J connectivity index is 2.51. The van der Waals surface area contributed by atoms with Crippen LogP contribution in [-0.2, 0) is 0 Å². The first-order valence-electron chi connectivity index (χ1n) is 6.83. The minimum atomic E-state index is -0.0510. The van der Waals surface area contributed by atoms with Gasteiger partial charge in [-0.1, -0.05) is 19.9 Å². The van der Waals surface area contributed by atoms with Gasteiger partial charge in [-0.15, -0.1) is 0 Å². The molecule has 0 saturated heterocycles. The van der Waals surface area contributed by atoms with Gasteiger partial charge in [-0.2, -0.15) is 0 Å². The van der Waals surface area contributed by atoms with Gasteiger partial charge in [0.25, 0.3) is 5.91 Å². The Morgan fingerprint density at radius 1 is 1.37 bits per heavy atom. The van der Waals surface area contributed by atoms with Gasteiger partial charge in [-0.25, -0.2) is 0 Å². The van der Waals surface area contributed by atoms with Crippen molar-refractivity contribution < 1.29 is 9.53 Å². The van der Waals surface area contributed by atoms with E-state index in [1.54, 1.807) is 12.1 Å². The predicted molar refractivity (Wildman–Crippen MR) is 77.7 cm³/mol. The fourth-order valence-electron chi connectivity index (χ4n) is 1.74. The van der Waals surface area contributed by atoms with Gasteiger partial charge in [-0.3, -0.25) is 4.79 Å². The zero-order chi connectivity index (χ0) is 14.1. The summed E-state index contributed by atoms with van der Waals surface area (Å²) in [6, 6.07) is 7.30. The number of hydrogen-bond acceptors (Lipinski definition) is 3. The molecule has 0 radical (unpaired) electrons. The van der Waals surface area contributed by atoms with Crippen LogP contribution in [0.3, 0.4) is 0 Å². The Morgan fingerprint density at radius 3 is 2.84 bits per heavy atom. The van der Waals surface area contributed by atoms with Gasteiger partial charge >= 0.3 is 0 Å². The van der Waals surface area contributed by atoms with E-state index in [0.717, 1.165) is 18.7 Å². The first kappa shape index (κ1) is 15.5. The van der Waals surface area contributed by atoms with E-state index in [0.29, 0.717) is 24.6 Å². The molecule has 0 aliphatic carbocycles. The van der Waals surface area contributed by atoms with Crippen molar-refractivity contribution in [2.45, 2.75) is 20.3 Å². The van der Waals surface area contributed by atoms with Gasteiger partial charge in [-0.05, 0) is 44.1 Å². The highest BCUT2D eigenvalue weighted by molar-refractivity contribution is 5.94. The molecule has 1 unspecified atom stereocenters. The number of benzene rings is 1. The number of carbonyl (C=O) groups is 1. The molecule has 4 nitrogen and oxygen atoms in total. The first-order valence-corrected chi connectivity index (χ1v) is 6.83. The van der Waals surface area contributed by atoms with E-state index in [9.17, 15) is 4.79 Å². The van der Waals surface area contributed by atoms with Crippen LogP contribution in [0.25, 0.3) is 0 Å². The van der Waals surface area contributed by atoms with Crippen molar-refractivity contribution in [3.8, 4) is 5.75 Å². The molecular weight excluding hydrogens is 240 g/mol. The largest absolute Gasteiger partial charge is 0.494 e. The fraction of sp³-hybridized carbons (Fsp3) is 0.533. The second kappa shape index (κ2) is 8.53. The molecule has 0 aliphatic heterocycles. The summed E-state index contributed by atoms with van der Waals surface area (Å²) in [5.41, 5.74) is 0.644. The van der Waals surface area contributed by atoms with Crippen LogP contribution < -0.4 is 15.4 Å². The molecule has 0 fully saturated rings. The smallest absolute Gasteiger partial charge is 0.251 e. The summed E-state index contributed by atoms with van der Waals surface area (Å²) in [7, 11) is 1.91. The number of hydrogen-bond donors (Lipinski definition) is 2. The lowest BCUT2D eigenvalue weighted by Crippen LogP contribution is -2.32. The summed E-state index contributed by atoms with van der Waals surface area (Å²) < 4.78 is 5.52. The van der Waals surface area contributed by atoms with Gasteiger partial charge in [0.1, 0.15) is 5.75 Å². The summed E-state index contributed by atoms with van der Waals surface area (Å²) in [5, 5.41) is 6.02. The molecule has 4 heteroatoms. The number of ether oxygens (including phenoxy) is 1. The van der Waals surface area contributed by atoms with E-state index in [4.69, 9.17) is 4.74 Å². The molecule has 1 amide bonds. The molecule has 0 saturated carbocycles. The number of carbonyl (C=O) groups excluding carboxylic acids is 1. The van der Waals surface area contributed by atoms with Crippen molar-refractivity contribution >= 4 is 5.91 Å². The number of amides is 1. The molecule has 0 bridgehead atoms. The quantitative estimate of drug-likeness (QED) is 0.755. The molecule has 0 aromatic heterocycles. The monoisotopic (exact) mass is 264 g/mol. The molecule has 0 aliphatic rings. The molecule has 1 aromatic carbocycles. The van der Waals surface area contributed by atoms with E-state index in [1.165, 1.54) is 0 Å². The lowest BCUT2D eigenvalue weighted by atomic mass is 10.1. The Bertz CT molecular complexity index is 393. The Morgan fingerprint density at radius 2 is 2.16 bits per heavy atom. The fourth-order valence-corrected chi connectivity index (χ4v) is 1.74. The van der Waals surface area contributed by atoms with Crippen molar-refractivity contribution in [2.24, 2.45) is 5.92 Å². The summed E-state index contributed by atoms with van der Waals surface area (Å²) >= 11 is 0. The van der Waals surface area contributed by atoms with Gasteiger partial charge in [0, 0.05) is 12.1 Å². The average molecular weight is 264 g/mol. The topological polar surface area (TPSA) is 50.4 Å². The number of rotatable bonds is 8.